The molecular formula is C23H20F2N4O2. The van der Waals surface area contributed by atoms with Crippen LogP contribution in [-0.4, -0.2) is 35.9 Å². The summed E-state index contributed by atoms with van der Waals surface area (Å²) >= 11 is 0. The molecule has 1 aliphatic heterocycles. The highest BCUT2D eigenvalue weighted by atomic mass is 19.1. The van der Waals surface area contributed by atoms with Gasteiger partial charge < -0.3 is 10.5 Å². The van der Waals surface area contributed by atoms with Gasteiger partial charge in [-0.05, 0) is 53.1 Å². The number of aromatic nitrogens is 1. The normalized spacial score (nSPS) is 18.3. The summed E-state index contributed by atoms with van der Waals surface area (Å²) in [7, 11) is 2.99. The van der Waals surface area contributed by atoms with Crippen LogP contribution in [0.15, 0.2) is 65.8 Å². The Kier molecular flexibility index (Phi) is 5.14. The average molecular weight is 422 g/mol. The molecule has 4 rings (SSSR count). The number of aliphatic imine (C=N–C) groups is 1. The van der Waals surface area contributed by atoms with Crippen LogP contribution in [0, 0.1) is 5.82 Å². The van der Waals surface area contributed by atoms with E-state index in [1.54, 1.807) is 42.5 Å². The summed E-state index contributed by atoms with van der Waals surface area (Å²) in [6.07, 6.45) is 1.42. The maximum absolute atomic E-state index is 14.5. The first-order valence-corrected chi connectivity index (χ1v) is 9.50. The number of halogens is 2. The van der Waals surface area contributed by atoms with Crippen molar-refractivity contribution in [1.82, 2.24) is 9.88 Å². The maximum atomic E-state index is 14.5. The Labute approximate surface area is 178 Å². The summed E-state index contributed by atoms with van der Waals surface area (Å²) in [6, 6.07) is 14.4. The van der Waals surface area contributed by atoms with Gasteiger partial charge in [0, 0.05) is 18.8 Å². The molecule has 0 aliphatic carbocycles. The van der Waals surface area contributed by atoms with E-state index in [1.807, 2.05) is 0 Å². The van der Waals surface area contributed by atoms with Crippen LogP contribution in [0.2, 0.25) is 0 Å². The van der Waals surface area contributed by atoms with Crippen molar-refractivity contribution in [1.29, 1.82) is 0 Å². The monoisotopic (exact) mass is 422 g/mol. The number of benzene rings is 2. The van der Waals surface area contributed by atoms with E-state index in [4.69, 9.17) is 10.5 Å². The van der Waals surface area contributed by atoms with Crippen molar-refractivity contribution in [3.8, 4) is 16.9 Å². The van der Waals surface area contributed by atoms with Crippen molar-refractivity contribution < 1.29 is 18.3 Å². The summed E-state index contributed by atoms with van der Waals surface area (Å²) in [4.78, 5) is 23.2. The highest BCUT2D eigenvalue weighted by Crippen LogP contribution is 2.42. The van der Waals surface area contributed by atoms with Gasteiger partial charge in [0.1, 0.15) is 18.2 Å². The average Bonchev–Trinajstić information content (AvgIpc) is 3.03. The molecule has 0 spiro atoms. The van der Waals surface area contributed by atoms with Crippen molar-refractivity contribution >= 4 is 11.9 Å². The van der Waals surface area contributed by atoms with Gasteiger partial charge in [0.15, 0.2) is 11.5 Å². The van der Waals surface area contributed by atoms with E-state index in [-0.39, 0.29) is 11.7 Å². The third-order valence-electron chi connectivity index (χ3n) is 5.36. The number of pyridine rings is 1. The molecule has 6 nitrogen and oxygen atoms in total. The molecule has 31 heavy (non-hydrogen) atoms. The van der Waals surface area contributed by atoms with Crippen LogP contribution in [0.5, 0.6) is 5.75 Å². The number of nitrogens with zero attached hydrogens (tertiary/aromatic N) is 3. The molecule has 0 saturated carbocycles. The number of likely N-dealkylation sites (N-methyl/N-ethyl adjacent to an activating group) is 1. The highest BCUT2D eigenvalue weighted by Gasteiger charge is 2.50. The standard InChI is InChI=1S/C23H20F2N4O2/c1-29-21(30)23(28-22(29)26,15-7-8-27-17(11-15)13-24)16-9-14(10-18(12-16)31-2)19-5-3-4-6-20(19)25/h3-12H,13H2,1-2H3,(H2,26,28). The number of amides is 1. The molecule has 0 fully saturated rings. The molecule has 1 atom stereocenters. The van der Waals surface area contributed by atoms with Crippen LogP contribution in [0.4, 0.5) is 8.78 Å². The summed E-state index contributed by atoms with van der Waals surface area (Å²) in [6.45, 7) is -0.800. The number of hydrogen-bond acceptors (Lipinski definition) is 5. The van der Waals surface area contributed by atoms with E-state index >= 15 is 0 Å². The fraction of sp³-hybridized carbons (Fsp3) is 0.174. The van der Waals surface area contributed by atoms with Gasteiger partial charge in [0.25, 0.3) is 5.91 Å². The van der Waals surface area contributed by atoms with Gasteiger partial charge in [-0.25, -0.2) is 13.8 Å². The van der Waals surface area contributed by atoms with Gasteiger partial charge in [-0.15, -0.1) is 0 Å². The summed E-state index contributed by atoms with van der Waals surface area (Å²) in [5, 5.41) is 0. The molecule has 2 N–H and O–H groups in total. The lowest BCUT2D eigenvalue weighted by molar-refractivity contribution is -0.129. The molecule has 0 saturated heterocycles. The number of ether oxygens (including phenoxy) is 1. The lowest BCUT2D eigenvalue weighted by atomic mass is 9.81. The SMILES string of the molecule is COc1cc(-c2ccccc2F)cc(C2(c3ccnc(CF)c3)N=C(N)N(C)C2=O)c1. The van der Waals surface area contributed by atoms with E-state index in [2.05, 4.69) is 9.98 Å². The van der Waals surface area contributed by atoms with Crippen LogP contribution in [-0.2, 0) is 17.0 Å². The Morgan fingerprint density at radius 3 is 2.55 bits per heavy atom. The molecule has 1 amide bonds. The topological polar surface area (TPSA) is 80.8 Å². The highest BCUT2D eigenvalue weighted by molar-refractivity contribution is 6.09. The Balaban J connectivity index is 2.02. The minimum absolute atomic E-state index is 0.0128. The number of guanidine groups is 1. The molecule has 0 bridgehead atoms. The Bertz CT molecular complexity index is 1200. The Morgan fingerprint density at radius 2 is 1.90 bits per heavy atom. The van der Waals surface area contributed by atoms with Gasteiger partial charge >= 0.3 is 0 Å². The van der Waals surface area contributed by atoms with E-state index in [0.717, 1.165) is 0 Å². The van der Waals surface area contributed by atoms with Crippen molar-refractivity contribution in [3.63, 3.8) is 0 Å². The summed E-state index contributed by atoms with van der Waals surface area (Å²) in [5.74, 6) is -0.420. The predicted molar refractivity (Wildman–Crippen MR) is 113 cm³/mol. The minimum atomic E-state index is -1.58. The summed E-state index contributed by atoms with van der Waals surface area (Å²) in [5.41, 5.74) is 6.24. The molecule has 2 heterocycles. The van der Waals surface area contributed by atoms with E-state index in [1.165, 1.54) is 37.4 Å². The predicted octanol–water partition coefficient (Wildman–Crippen LogP) is 3.40. The van der Waals surface area contributed by atoms with Crippen LogP contribution in [0.1, 0.15) is 16.8 Å². The Morgan fingerprint density at radius 1 is 1.13 bits per heavy atom. The van der Waals surface area contributed by atoms with E-state index in [9.17, 15) is 13.6 Å². The fourth-order valence-corrected chi connectivity index (χ4v) is 3.74. The first-order chi connectivity index (χ1) is 14.9. The second kappa shape index (κ2) is 7.79. The van der Waals surface area contributed by atoms with Gasteiger partial charge in [-0.2, -0.15) is 0 Å². The number of nitrogens with two attached hydrogens (primary N) is 1. The Hall–Kier alpha value is -3.81. The zero-order valence-electron chi connectivity index (χ0n) is 17.0. The van der Waals surface area contributed by atoms with Gasteiger partial charge in [-0.1, -0.05) is 18.2 Å². The van der Waals surface area contributed by atoms with Crippen molar-refractivity contribution in [2.24, 2.45) is 10.7 Å². The first-order valence-electron chi connectivity index (χ1n) is 9.50. The van der Waals surface area contributed by atoms with Gasteiger partial charge in [-0.3, -0.25) is 14.7 Å². The van der Waals surface area contributed by atoms with E-state index in [0.29, 0.717) is 28.0 Å². The van der Waals surface area contributed by atoms with Crippen molar-refractivity contribution in [2.45, 2.75) is 12.2 Å². The molecule has 158 valence electrons. The molecule has 0 radical (unpaired) electrons. The van der Waals surface area contributed by atoms with Crippen LogP contribution >= 0.6 is 0 Å². The number of alkyl halides is 1. The zero-order chi connectivity index (χ0) is 22.2. The molecule has 3 aromatic rings. The number of hydrogen-bond donors (Lipinski definition) is 1. The zero-order valence-corrected chi connectivity index (χ0v) is 17.0. The first kappa shape index (κ1) is 20.5. The third kappa shape index (κ3) is 3.30. The number of rotatable bonds is 5. The smallest absolute Gasteiger partial charge is 0.266 e. The molecule has 1 aromatic heterocycles. The lowest BCUT2D eigenvalue weighted by Crippen LogP contribution is -2.41. The number of carbonyl (C=O) groups excluding carboxylic acids is 1. The van der Waals surface area contributed by atoms with Crippen molar-refractivity contribution in [3.05, 3.63) is 83.4 Å². The molecular weight excluding hydrogens is 402 g/mol. The van der Waals surface area contributed by atoms with Crippen LogP contribution in [0.3, 0.4) is 0 Å². The lowest BCUT2D eigenvalue weighted by Gasteiger charge is -2.27. The molecule has 1 aliphatic rings. The second-order valence-electron chi connectivity index (χ2n) is 7.14. The van der Waals surface area contributed by atoms with Crippen LogP contribution in [0.25, 0.3) is 11.1 Å². The van der Waals surface area contributed by atoms with E-state index < -0.39 is 23.9 Å². The van der Waals surface area contributed by atoms with Crippen molar-refractivity contribution in [2.75, 3.05) is 14.2 Å². The second-order valence-corrected chi connectivity index (χ2v) is 7.14. The van der Waals surface area contributed by atoms with Gasteiger partial charge in [0.2, 0.25) is 0 Å². The minimum Gasteiger partial charge on any atom is -0.497 e. The molecule has 1 unspecified atom stereocenters. The third-order valence-corrected chi connectivity index (χ3v) is 5.36. The largest absolute Gasteiger partial charge is 0.497 e. The fourth-order valence-electron chi connectivity index (χ4n) is 3.74. The van der Waals surface area contributed by atoms with Crippen LogP contribution < -0.4 is 10.5 Å². The molecule has 8 heteroatoms. The molecule has 2 aromatic carbocycles. The number of methoxy groups -OCH3 is 1. The van der Waals surface area contributed by atoms with Gasteiger partial charge in [0.05, 0.1) is 12.8 Å². The quantitative estimate of drug-likeness (QED) is 0.684. The number of carbonyl (C=O) groups is 1. The summed E-state index contributed by atoms with van der Waals surface area (Å²) < 4.78 is 33.3. The maximum Gasteiger partial charge on any atom is 0.266 e.